The topological polar surface area (TPSA) is 52.3 Å². The summed E-state index contributed by atoms with van der Waals surface area (Å²) in [5.41, 5.74) is 5.10. The largest absolute Gasteiger partial charge is 0.573 e. The second-order valence-corrected chi connectivity index (χ2v) is 3.35. The number of halogens is 4. The van der Waals surface area contributed by atoms with Crippen molar-refractivity contribution in [3.63, 3.8) is 0 Å². The molecular formula is C9H7ClF3NO2. The van der Waals surface area contributed by atoms with Crippen LogP contribution in [-0.4, -0.2) is 12.3 Å². The molecule has 88 valence electrons. The van der Waals surface area contributed by atoms with Crippen LogP contribution in [0.25, 0.3) is 0 Å². The van der Waals surface area contributed by atoms with Crippen molar-refractivity contribution in [2.24, 2.45) is 5.73 Å². The van der Waals surface area contributed by atoms with Gasteiger partial charge in [-0.2, -0.15) is 0 Å². The van der Waals surface area contributed by atoms with Crippen molar-refractivity contribution in [2.75, 3.05) is 0 Å². The maximum atomic E-state index is 11.9. The Hall–Kier alpha value is -1.43. The Morgan fingerprint density at radius 3 is 2.56 bits per heavy atom. The maximum Gasteiger partial charge on any atom is 0.573 e. The van der Waals surface area contributed by atoms with Gasteiger partial charge >= 0.3 is 6.36 Å². The molecule has 0 heterocycles. The highest BCUT2D eigenvalue weighted by atomic mass is 35.5. The number of hydrogen-bond acceptors (Lipinski definition) is 2. The highest BCUT2D eigenvalue weighted by Gasteiger charge is 2.31. The zero-order valence-electron chi connectivity index (χ0n) is 7.84. The summed E-state index contributed by atoms with van der Waals surface area (Å²) >= 11 is 5.67. The number of carbonyl (C=O) groups excluding carboxylic acids is 1. The fourth-order valence-electron chi connectivity index (χ4n) is 1.07. The number of amides is 1. The molecule has 7 heteroatoms. The number of primary amides is 1. The highest BCUT2D eigenvalue weighted by Crippen LogP contribution is 2.27. The Bertz CT molecular complexity index is 406. The Morgan fingerprint density at radius 1 is 1.44 bits per heavy atom. The summed E-state index contributed by atoms with van der Waals surface area (Å²) in [5, 5.41) is 0.160. The minimum absolute atomic E-state index is 0.160. The first-order valence-electron chi connectivity index (χ1n) is 4.10. The van der Waals surface area contributed by atoms with E-state index in [0.29, 0.717) is 0 Å². The van der Waals surface area contributed by atoms with E-state index in [1.165, 1.54) is 6.07 Å². The Balaban J connectivity index is 2.93. The van der Waals surface area contributed by atoms with Gasteiger partial charge in [0.25, 0.3) is 0 Å². The van der Waals surface area contributed by atoms with E-state index in [9.17, 15) is 18.0 Å². The molecule has 1 aromatic rings. The molecule has 0 radical (unpaired) electrons. The average molecular weight is 254 g/mol. The maximum absolute atomic E-state index is 11.9. The summed E-state index contributed by atoms with van der Waals surface area (Å²) in [6.45, 7) is 0. The van der Waals surface area contributed by atoms with Crippen molar-refractivity contribution < 1.29 is 22.7 Å². The van der Waals surface area contributed by atoms with Crippen LogP contribution >= 0.6 is 11.6 Å². The molecule has 0 aliphatic rings. The van der Waals surface area contributed by atoms with Gasteiger partial charge in [0.15, 0.2) is 0 Å². The molecule has 1 rings (SSSR count). The average Bonchev–Trinajstić information content (AvgIpc) is 2.07. The van der Waals surface area contributed by atoms with Gasteiger partial charge < -0.3 is 10.5 Å². The SMILES string of the molecule is NC(=O)Cc1cc(OC(F)(F)F)ccc1Cl. The van der Waals surface area contributed by atoms with Gasteiger partial charge in [-0.25, -0.2) is 0 Å². The van der Waals surface area contributed by atoms with E-state index in [4.69, 9.17) is 17.3 Å². The standard InChI is InChI=1S/C9H7ClF3NO2/c10-7-2-1-6(16-9(11,12)13)3-5(7)4-8(14)15/h1-3H,4H2,(H2,14,15). The van der Waals surface area contributed by atoms with Crippen LogP contribution in [0.4, 0.5) is 13.2 Å². The fraction of sp³-hybridized carbons (Fsp3) is 0.222. The molecule has 0 saturated carbocycles. The number of ether oxygens (including phenoxy) is 1. The van der Waals surface area contributed by atoms with Gasteiger partial charge in [0, 0.05) is 5.02 Å². The van der Waals surface area contributed by atoms with Crippen LogP contribution in [0.2, 0.25) is 5.02 Å². The van der Waals surface area contributed by atoms with Crippen molar-refractivity contribution in [3.05, 3.63) is 28.8 Å². The highest BCUT2D eigenvalue weighted by molar-refractivity contribution is 6.31. The zero-order chi connectivity index (χ0) is 12.3. The Labute approximate surface area is 93.9 Å². The van der Waals surface area contributed by atoms with E-state index < -0.39 is 18.0 Å². The van der Waals surface area contributed by atoms with Gasteiger partial charge in [0.2, 0.25) is 5.91 Å². The zero-order valence-corrected chi connectivity index (χ0v) is 8.60. The molecule has 0 fully saturated rings. The quantitative estimate of drug-likeness (QED) is 0.898. The predicted molar refractivity (Wildman–Crippen MR) is 51.0 cm³/mol. The molecule has 0 aliphatic heterocycles. The van der Waals surface area contributed by atoms with Crippen LogP contribution in [0.1, 0.15) is 5.56 Å². The second kappa shape index (κ2) is 4.61. The molecule has 0 aromatic heterocycles. The van der Waals surface area contributed by atoms with Crippen molar-refractivity contribution in [1.82, 2.24) is 0 Å². The molecule has 0 aliphatic carbocycles. The van der Waals surface area contributed by atoms with Gasteiger partial charge in [0.1, 0.15) is 5.75 Å². The van der Waals surface area contributed by atoms with Crippen LogP contribution in [0.3, 0.4) is 0 Å². The summed E-state index contributed by atoms with van der Waals surface area (Å²) in [4.78, 5) is 10.6. The molecule has 1 aromatic carbocycles. The number of nitrogens with two attached hydrogens (primary N) is 1. The number of hydrogen-bond donors (Lipinski definition) is 1. The molecule has 0 bridgehead atoms. The molecule has 3 nitrogen and oxygen atoms in total. The summed E-state index contributed by atoms with van der Waals surface area (Å²) < 4.78 is 39.3. The van der Waals surface area contributed by atoms with E-state index >= 15 is 0 Å². The summed E-state index contributed by atoms with van der Waals surface area (Å²) in [7, 11) is 0. The summed E-state index contributed by atoms with van der Waals surface area (Å²) in [5.74, 6) is -1.13. The lowest BCUT2D eigenvalue weighted by Crippen LogP contribution is -2.18. The molecule has 2 N–H and O–H groups in total. The molecule has 1 amide bonds. The van der Waals surface area contributed by atoms with Crippen LogP contribution in [0, 0.1) is 0 Å². The fourth-order valence-corrected chi connectivity index (χ4v) is 1.26. The lowest BCUT2D eigenvalue weighted by molar-refractivity contribution is -0.274. The van der Waals surface area contributed by atoms with Crippen LogP contribution in [0.15, 0.2) is 18.2 Å². The van der Waals surface area contributed by atoms with Crippen LogP contribution in [-0.2, 0) is 11.2 Å². The number of alkyl halides is 3. The molecule has 0 unspecified atom stereocenters. The van der Waals surface area contributed by atoms with E-state index in [-0.39, 0.29) is 17.0 Å². The normalized spacial score (nSPS) is 11.2. The van der Waals surface area contributed by atoms with E-state index in [0.717, 1.165) is 12.1 Å². The van der Waals surface area contributed by atoms with Gasteiger partial charge in [-0.3, -0.25) is 4.79 Å². The monoisotopic (exact) mass is 253 g/mol. The van der Waals surface area contributed by atoms with Gasteiger partial charge in [0.05, 0.1) is 6.42 Å². The number of carbonyl (C=O) groups is 1. The molecule has 0 spiro atoms. The summed E-state index contributed by atoms with van der Waals surface area (Å²) in [6.07, 6.45) is -5.02. The molecule has 0 atom stereocenters. The first-order chi connectivity index (χ1) is 7.28. The van der Waals surface area contributed by atoms with Crippen LogP contribution in [0.5, 0.6) is 5.75 Å². The van der Waals surface area contributed by atoms with Crippen molar-refractivity contribution in [3.8, 4) is 5.75 Å². The van der Waals surface area contributed by atoms with Crippen molar-refractivity contribution in [2.45, 2.75) is 12.8 Å². The van der Waals surface area contributed by atoms with E-state index in [1.54, 1.807) is 0 Å². The van der Waals surface area contributed by atoms with Gasteiger partial charge in [-0.15, -0.1) is 13.2 Å². The lowest BCUT2D eigenvalue weighted by Gasteiger charge is -2.10. The van der Waals surface area contributed by atoms with E-state index in [1.807, 2.05) is 0 Å². The van der Waals surface area contributed by atoms with Gasteiger partial charge in [-0.1, -0.05) is 11.6 Å². The molecular weight excluding hydrogens is 247 g/mol. The minimum Gasteiger partial charge on any atom is -0.406 e. The number of benzene rings is 1. The van der Waals surface area contributed by atoms with Gasteiger partial charge in [-0.05, 0) is 23.8 Å². The Kier molecular flexibility index (Phi) is 3.64. The number of rotatable bonds is 3. The summed E-state index contributed by atoms with van der Waals surface area (Å²) in [6, 6.07) is 3.29. The predicted octanol–water partition coefficient (Wildman–Crippen LogP) is 2.27. The molecule has 0 saturated heterocycles. The third-order valence-electron chi connectivity index (χ3n) is 1.62. The third kappa shape index (κ3) is 3.98. The lowest BCUT2D eigenvalue weighted by atomic mass is 10.1. The first-order valence-corrected chi connectivity index (χ1v) is 4.48. The van der Waals surface area contributed by atoms with E-state index in [2.05, 4.69) is 4.74 Å². The van der Waals surface area contributed by atoms with Crippen LogP contribution < -0.4 is 10.5 Å². The second-order valence-electron chi connectivity index (χ2n) is 2.94. The molecule has 16 heavy (non-hydrogen) atoms. The Morgan fingerprint density at radius 2 is 2.06 bits per heavy atom. The smallest absolute Gasteiger partial charge is 0.406 e. The minimum atomic E-state index is -4.78. The van der Waals surface area contributed by atoms with Crippen molar-refractivity contribution >= 4 is 17.5 Å². The first kappa shape index (κ1) is 12.6. The van der Waals surface area contributed by atoms with Crippen molar-refractivity contribution in [1.29, 1.82) is 0 Å². The third-order valence-corrected chi connectivity index (χ3v) is 1.98.